The zero-order chi connectivity index (χ0) is 10.0. The lowest BCUT2D eigenvalue weighted by molar-refractivity contribution is -0.181. The molecular weight excluding hydrogens is 170 g/mol. The molecule has 0 spiro atoms. The molecule has 0 aliphatic carbocycles. The fourth-order valence-electron chi connectivity index (χ4n) is 1.85. The molecule has 0 aromatic heterocycles. The summed E-state index contributed by atoms with van der Waals surface area (Å²) in [4.78, 5) is 27.8. The van der Waals surface area contributed by atoms with Gasteiger partial charge in [0.25, 0.3) is 11.8 Å². The Morgan fingerprint density at radius 2 is 1.54 bits per heavy atom. The second kappa shape index (κ2) is 3.87. The quantitative estimate of drug-likeness (QED) is 0.615. The molecule has 1 saturated heterocycles. The molecule has 2 atom stereocenters. The van der Waals surface area contributed by atoms with E-state index in [1.807, 2.05) is 13.8 Å². The first-order valence-corrected chi connectivity index (χ1v) is 4.59. The molecule has 0 aromatic carbocycles. The van der Waals surface area contributed by atoms with Gasteiger partial charge in [-0.3, -0.25) is 14.4 Å². The summed E-state index contributed by atoms with van der Waals surface area (Å²) in [6, 6.07) is 0. The molecule has 1 aliphatic heterocycles. The highest BCUT2D eigenvalue weighted by Gasteiger charge is 2.46. The van der Waals surface area contributed by atoms with E-state index in [4.69, 9.17) is 4.84 Å². The van der Waals surface area contributed by atoms with E-state index in [1.54, 1.807) is 0 Å². The molecule has 4 nitrogen and oxygen atoms in total. The molecule has 0 bridgehead atoms. The molecule has 1 fully saturated rings. The van der Waals surface area contributed by atoms with Gasteiger partial charge in [-0.2, -0.15) is 5.06 Å². The lowest BCUT2D eigenvalue weighted by atomic mass is 9.91. The minimum absolute atomic E-state index is 0.183. The average Bonchev–Trinajstić information content (AvgIpc) is 2.36. The smallest absolute Gasteiger partial charge is 0.257 e. The fourth-order valence-corrected chi connectivity index (χ4v) is 1.85. The van der Waals surface area contributed by atoms with Gasteiger partial charge < -0.3 is 0 Å². The van der Waals surface area contributed by atoms with Gasteiger partial charge in [-0.1, -0.05) is 13.8 Å². The van der Waals surface area contributed by atoms with Gasteiger partial charge in [-0.15, -0.1) is 0 Å². The maximum absolute atomic E-state index is 11.5. The number of hydrogen-bond donors (Lipinski definition) is 0. The van der Waals surface area contributed by atoms with Crippen LogP contribution < -0.4 is 0 Å². The van der Waals surface area contributed by atoms with E-state index >= 15 is 0 Å². The van der Waals surface area contributed by atoms with Gasteiger partial charge in [0.05, 0.1) is 18.9 Å². The predicted octanol–water partition coefficient (Wildman–Crippen LogP) is 0.969. The van der Waals surface area contributed by atoms with Crippen molar-refractivity contribution in [3.05, 3.63) is 0 Å². The van der Waals surface area contributed by atoms with Crippen LogP contribution in [0.2, 0.25) is 0 Å². The Hall–Kier alpha value is -0.900. The van der Waals surface area contributed by atoms with Gasteiger partial charge in [-0.25, -0.2) is 0 Å². The van der Waals surface area contributed by atoms with Crippen molar-refractivity contribution in [1.29, 1.82) is 0 Å². The molecule has 0 saturated carbocycles. The predicted molar refractivity (Wildman–Crippen MR) is 46.4 cm³/mol. The summed E-state index contributed by atoms with van der Waals surface area (Å²) in [5.74, 6) is -0.751. The van der Waals surface area contributed by atoms with Gasteiger partial charge in [0.2, 0.25) is 0 Å². The van der Waals surface area contributed by atoms with Crippen molar-refractivity contribution in [3.63, 3.8) is 0 Å². The Bertz CT molecular complexity index is 205. The normalized spacial score (nSPS) is 28.7. The van der Waals surface area contributed by atoms with Crippen LogP contribution >= 0.6 is 0 Å². The van der Waals surface area contributed by atoms with Crippen LogP contribution in [0.1, 0.15) is 26.7 Å². The van der Waals surface area contributed by atoms with E-state index < -0.39 is 0 Å². The maximum Gasteiger partial charge on any atom is 0.257 e. The molecule has 1 heterocycles. The molecule has 1 aliphatic rings. The van der Waals surface area contributed by atoms with Crippen molar-refractivity contribution in [2.45, 2.75) is 26.7 Å². The third-order valence-corrected chi connectivity index (χ3v) is 2.58. The van der Waals surface area contributed by atoms with Crippen LogP contribution in [0.15, 0.2) is 0 Å². The molecule has 13 heavy (non-hydrogen) atoms. The summed E-state index contributed by atoms with van der Waals surface area (Å²) in [6.07, 6.45) is 1.39. The molecule has 0 N–H and O–H groups in total. The Labute approximate surface area is 77.8 Å². The van der Waals surface area contributed by atoms with E-state index in [9.17, 15) is 9.59 Å². The first-order valence-electron chi connectivity index (χ1n) is 4.59. The molecule has 2 unspecified atom stereocenters. The third kappa shape index (κ3) is 1.46. The molecule has 0 radical (unpaired) electrons. The fraction of sp³-hybridized carbons (Fsp3) is 0.778. The Morgan fingerprint density at radius 3 is 1.77 bits per heavy atom. The Balaban J connectivity index is 2.88. The number of nitrogens with zero attached hydrogens (tertiary/aromatic N) is 1. The average molecular weight is 185 g/mol. The third-order valence-electron chi connectivity index (χ3n) is 2.58. The SMILES string of the molecule is CCC1C(=O)N(OC)C(=O)C1CC. The Morgan fingerprint density at radius 1 is 1.15 bits per heavy atom. The Kier molecular flexibility index (Phi) is 3.03. The van der Waals surface area contributed by atoms with Crippen LogP contribution in [0.3, 0.4) is 0 Å². The van der Waals surface area contributed by atoms with Crippen LogP contribution in [-0.2, 0) is 14.4 Å². The largest absolute Gasteiger partial charge is 0.272 e. The summed E-state index contributed by atoms with van der Waals surface area (Å²) in [7, 11) is 1.35. The van der Waals surface area contributed by atoms with Crippen molar-refractivity contribution in [2.24, 2.45) is 11.8 Å². The summed E-state index contributed by atoms with van der Waals surface area (Å²) >= 11 is 0. The van der Waals surface area contributed by atoms with E-state index in [0.717, 1.165) is 5.06 Å². The number of rotatable bonds is 3. The maximum atomic E-state index is 11.5. The first-order chi connectivity index (χ1) is 6.17. The van der Waals surface area contributed by atoms with E-state index in [2.05, 4.69) is 0 Å². The van der Waals surface area contributed by atoms with Crippen molar-refractivity contribution < 1.29 is 14.4 Å². The van der Waals surface area contributed by atoms with E-state index in [1.165, 1.54) is 7.11 Å². The first kappa shape index (κ1) is 10.2. The molecular formula is C9H15NO3. The zero-order valence-electron chi connectivity index (χ0n) is 8.24. The molecule has 2 amide bonds. The second-order valence-corrected chi connectivity index (χ2v) is 3.18. The van der Waals surface area contributed by atoms with Crippen molar-refractivity contribution in [1.82, 2.24) is 5.06 Å². The molecule has 4 heteroatoms. The summed E-state index contributed by atoms with van der Waals surface area (Å²) < 4.78 is 0. The lowest BCUT2D eigenvalue weighted by Crippen LogP contribution is -2.29. The highest BCUT2D eigenvalue weighted by Crippen LogP contribution is 2.30. The molecule has 74 valence electrons. The van der Waals surface area contributed by atoms with E-state index in [-0.39, 0.29) is 23.7 Å². The van der Waals surface area contributed by atoms with Crippen LogP contribution in [-0.4, -0.2) is 24.0 Å². The van der Waals surface area contributed by atoms with Gasteiger partial charge >= 0.3 is 0 Å². The number of carbonyl (C=O) groups excluding carboxylic acids is 2. The highest BCUT2D eigenvalue weighted by atomic mass is 16.7. The topological polar surface area (TPSA) is 46.6 Å². The molecule has 0 aromatic rings. The van der Waals surface area contributed by atoms with Gasteiger partial charge in [-0.05, 0) is 12.8 Å². The van der Waals surface area contributed by atoms with Gasteiger partial charge in [0.15, 0.2) is 0 Å². The minimum atomic E-state index is -0.193. The standard InChI is InChI=1S/C9H15NO3/c1-4-6-7(5-2)9(12)10(13-3)8(6)11/h6-7H,4-5H2,1-3H3. The zero-order valence-corrected chi connectivity index (χ0v) is 8.24. The molecule has 1 rings (SSSR count). The number of hydrogen-bond acceptors (Lipinski definition) is 3. The van der Waals surface area contributed by atoms with E-state index in [0.29, 0.717) is 12.8 Å². The van der Waals surface area contributed by atoms with Crippen LogP contribution in [0.5, 0.6) is 0 Å². The summed E-state index contributed by atoms with van der Waals surface area (Å²) in [6.45, 7) is 3.83. The van der Waals surface area contributed by atoms with Crippen LogP contribution in [0.4, 0.5) is 0 Å². The number of imide groups is 1. The van der Waals surface area contributed by atoms with Crippen LogP contribution in [0.25, 0.3) is 0 Å². The monoisotopic (exact) mass is 185 g/mol. The van der Waals surface area contributed by atoms with Crippen molar-refractivity contribution >= 4 is 11.8 Å². The highest BCUT2D eigenvalue weighted by molar-refractivity contribution is 6.03. The summed E-state index contributed by atoms with van der Waals surface area (Å²) in [5, 5.41) is 0.891. The van der Waals surface area contributed by atoms with Crippen LogP contribution in [0, 0.1) is 11.8 Å². The number of amides is 2. The lowest BCUT2D eigenvalue weighted by Gasteiger charge is -2.09. The number of carbonyl (C=O) groups is 2. The summed E-state index contributed by atoms with van der Waals surface area (Å²) in [5.41, 5.74) is 0. The van der Waals surface area contributed by atoms with Gasteiger partial charge in [0.1, 0.15) is 0 Å². The van der Waals surface area contributed by atoms with Crippen molar-refractivity contribution in [2.75, 3.05) is 7.11 Å². The number of hydroxylamine groups is 2. The van der Waals surface area contributed by atoms with Gasteiger partial charge in [0, 0.05) is 0 Å². The van der Waals surface area contributed by atoms with Crippen molar-refractivity contribution in [3.8, 4) is 0 Å². The minimum Gasteiger partial charge on any atom is -0.272 e. The second-order valence-electron chi connectivity index (χ2n) is 3.18.